The molecule has 5 heteroatoms. The molecule has 1 aromatic heterocycles. The molecule has 0 spiro atoms. The van der Waals surface area contributed by atoms with Crippen molar-refractivity contribution in [1.82, 2.24) is 4.98 Å². The number of fused-ring (bicyclic) bond motifs is 1. The number of halogens is 1. The van der Waals surface area contributed by atoms with Crippen LogP contribution in [0.1, 0.15) is 6.42 Å². The molecule has 0 amide bonds. The highest BCUT2D eigenvalue weighted by molar-refractivity contribution is 5.74. The zero-order valence-electron chi connectivity index (χ0n) is 12.5. The maximum Gasteiger partial charge on any atom is 0.298 e. The zero-order chi connectivity index (χ0) is 14.0. The Labute approximate surface area is 143 Å². The van der Waals surface area contributed by atoms with Crippen LogP contribution in [-0.4, -0.2) is 49.2 Å². The van der Waals surface area contributed by atoms with Crippen LogP contribution >= 0.6 is 0 Å². The van der Waals surface area contributed by atoms with Crippen molar-refractivity contribution in [3.63, 3.8) is 0 Å². The van der Waals surface area contributed by atoms with Gasteiger partial charge in [0.15, 0.2) is 5.58 Å². The van der Waals surface area contributed by atoms with Gasteiger partial charge in [-0.1, -0.05) is 18.7 Å². The fourth-order valence-electron chi connectivity index (χ4n) is 2.91. The molecule has 21 heavy (non-hydrogen) atoms. The van der Waals surface area contributed by atoms with Crippen molar-refractivity contribution in [3.05, 3.63) is 36.9 Å². The molecule has 1 aliphatic heterocycles. The minimum Gasteiger partial charge on any atom is -1.00 e. The Morgan fingerprint density at radius 2 is 2.14 bits per heavy atom. The molecule has 1 unspecified atom stereocenters. The minimum atomic E-state index is 0. The number of hydrogen-bond acceptors (Lipinski definition) is 3. The van der Waals surface area contributed by atoms with Crippen molar-refractivity contribution in [2.45, 2.75) is 6.42 Å². The summed E-state index contributed by atoms with van der Waals surface area (Å²) in [5.41, 5.74) is 1.81. The number of para-hydroxylation sites is 2. The van der Waals surface area contributed by atoms with E-state index in [1.807, 2.05) is 30.3 Å². The smallest absolute Gasteiger partial charge is 0.298 e. The Morgan fingerprint density at radius 1 is 1.33 bits per heavy atom. The standard InChI is InChI=1S/C16H22N3O.HI/c1-3-11-19(2)12-6-9-18(10-13-19)16-17-14-7-4-5-8-15(14)20-16;/h3-5,7-8H,1,6,9-13H2,2H3;1H/q+1;/p-1. The molecule has 0 radical (unpaired) electrons. The SMILES string of the molecule is C=CC[N+]1(C)CCCN(c2nc3ccccc3o2)CC1.[I-]. The predicted octanol–water partition coefficient (Wildman–Crippen LogP) is -0.325. The highest BCUT2D eigenvalue weighted by Crippen LogP contribution is 2.23. The van der Waals surface area contributed by atoms with Gasteiger partial charge in [-0.25, -0.2) is 0 Å². The second-order valence-corrected chi connectivity index (χ2v) is 5.84. The van der Waals surface area contributed by atoms with Crippen molar-refractivity contribution in [1.29, 1.82) is 0 Å². The van der Waals surface area contributed by atoms with E-state index < -0.39 is 0 Å². The quantitative estimate of drug-likeness (QED) is 0.403. The van der Waals surface area contributed by atoms with Gasteiger partial charge in [0.25, 0.3) is 6.01 Å². The second-order valence-electron chi connectivity index (χ2n) is 5.84. The van der Waals surface area contributed by atoms with Gasteiger partial charge >= 0.3 is 0 Å². The van der Waals surface area contributed by atoms with E-state index in [4.69, 9.17) is 4.42 Å². The van der Waals surface area contributed by atoms with Gasteiger partial charge in [-0.15, -0.1) is 0 Å². The van der Waals surface area contributed by atoms with Gasteiger partial charge in [0.05, 0.1) is 33.2 Å². The highest BCUT2D eigenvalue weighted by atomic mass is 127. The van der Waals surface area contributed by atoms with Crippen LogP contribution in [0.5, 0.6) is 0 Å². The van der Waals surface area contributed by atoms with Crippen LogP contribution in [0.2, 0.25) is 0 Å². The van der Waals surface area contributed by atoms with Gasteiger partial charge in [-0.05, 0) is 18.2 Å². The summed E-state index contributed by atoms with van der Waals surface area (Å²) in [4.78, 5) is 6.87. The molecule has 1 fully saturated rings. The van der Waals surface area contributed by atoms with Crippen LogP contribution in [0, 0.1) is 0 Å². The molecule has 4 nitrogen and oxygen atoms in total. The number of anilines is 1. The monoisotopic (exact) mass is 399 g/mol. The Morgan fingerprint density at radius 3 is 2.90 bits per heavy atom. The lowest BCUT2D eigenvalue weighted by Gasteiger charge is -2.31. The fourth-order valence-corrected chi connectivity index (χ4v) is 2.91. The molecule has 0 bridgehead atoms. The van der Waals surface area contributed by atoms with Crippen LogP contribution < -0.4 is 28.9 Å². The highest BCUT2D eigenvalue weighted by Gasteiger charge is 2.26. The number of oxazole rings is 1. The number of quaternary nitrogens is 1. The third kappa shape index (κ3) is 3.58. The van der Waals surface area contributed by atoms with Crippen LogP contribution in [0.25, 0.3) is 11.1 Å². The van der Waals surface area contributed by atoms with E-state index in [-0.39, 0.29) is 24.0 Å². The molecule has 2 aromatic rings. The van der Waals surface area contributed by atoms with Crippen molar-refractivity contribution in [3.8, 4) is 0 Å². The van der Waals surface area contributed by atoms with Crippen LogP contribution in [0.3, 0.4) is 0 Å². The number of aromatic nitrogens is 1. The van der Waals surface area contributed by atoms with Crippen molar-refractivity contribution in [2.75, 3.05) is 44.7 Å². The fraction of sp³-hybridized carbons (Fsp3) is 0.438. The Bertz CT molecular complexity index is 579. The molecular weight excluding hydrogens is 377 g/mol. The molecule has 1 aliphatic rings. The molecule has 0 saturated carbocycles. The molecule has 114 valence electrons. The molecular formula is C16H22IN3O. The summed E-state index contributed by atoms with van der Waals surface area (Å²) in [6, 6.07) is 8.71. The lowest BCUT2D eigenvalue weighted by atomic mass is 10.3. The van der Waals surface area contributed by atoms with Gasteiger partial charge in [0.1, 0.15) is 5.52 Å². The molecule has 1 atom stereocenters. The van der Waals surface area contributed by atoms with E-state index in [0.29, 0.717) is 0 Å². The van der Waals surface area contributed by atoms with Crippen LogP contribution in [0.4, 0.5) is 6.01 Å². The first-order valence-corrected chi connectivity index (χ1v) is 7.25. The molecule has 3 rings (SSSR count). The van der Waals surface area contributed by atoms with E-state index in [1.54, 1.807) is 0 Å². The Balaban J connectivity index is 0.00000161. The molecule has 1 saturated heterocycles. The topological polar surface area (TPSA) is 29.3 Å². The average Bonchev–Trinajstić information content (AvgIpc) is 2.77. The van der Waals surface area contributed by atoms with Gasteiger partial charge < -0.3 is 37.8 Å². The second kappa shape index (κ2) is 6.79. The number of likely N-dealkylation sites (N-methyl/N-ethyl adjacent to an activating group) is 1. The average molecular weight is 399 g/mol. The number of nitrogens with zero attached hydrogens (tertiary/aromatic N) is 3. The largest absolute Gasteiger partial charge is 1.00 e. The van der Waals surface area contributed by atoms with Crippen molar-refractivity contribution < 1.29 is 32.9 Å². The third-order valence-corrected chi connectivity index (χ3v) is 4.16. The lowest BCUT2D eigenvalue weighted by molar-refractivity contribution is -0.901. The summed E-state index contributed by atoms with van der Waals surface area (Å²) in [7, 11) is 2.30. The number of rotatable bonds is 3. The summed E-state index contributed by atoms with van der Waals surface area (Å²) < 4.78 is 6.93. The first-order chi connectivity index (χ1) is 9.70. The summed E-state index contributed by atoms with van der Waals surface area (Å²) >= 11 is 0. The summed E-state index contributed by atoms with van der Waals surface area (Å²) in [6.07, 6.45) is 3.18. The minimum absolute atomic E-state index is 0. The molecule has 1 aromatic carbocycles. The Kier molecular flexibility index (Phi) is 5.27. The van der Waals surface area contributed by atoms with E-state index in [9.17, 15) is 0 Å². The predicted molar refractivity (Wildman–Crippen MR) is 81.8 cm³/mol. The molecule has 0 N–H and O–H groups in total. The van der Waals surface area contributed by atoms with Crippen molar-refractivity contribution >= 4 is 17.1 Å². The number of hydrogen-bond donors (Lipinski definition) is 0. The maximum absolute atomic E-state index is 5.88. The zero-order valence-corrected chi connectivity index (χ0v) is 14.6. The van der Waals surface area contributed by atoms with E-state index >= 15 is 0 Å². The maximum atomic E-state index is 5.88. The first-order valence-electron chi connectivity index (χ1n) is 7.25. The van der Waals surface area contributed by atoms with E-state index in [2.05, 4.69) is 23.5 Å². The lowest BCUT2D eigenvalue weighted by Crippen LogP contribution is -3.00. The van der Waals surface area contributed by atoms with Crippen molar-refractivity contribution in [2.24, 2.45) is 0 Å². The van der Waals surface area contributed by atoms with Gasteiger partial charge in [-0.2, -0.15) is 4.98 Å². The first kappa shape index (κ1) is 16.3. The molecule has 0 aliphatic carbocycles. The van der Waals surface area contributed by atoms with Gasteiger partial charge in [-0.3, -0.25) is 0 Å². The summed E-state index contributed by atoms with van der Waals surface area (Å²) in [5, 5.41) is 0. The summed E-state index contributed by atoms with van der Waals surface area (Å²) in [5.74, 6) is 0. The van der Waals surface area contributed by atoms with Gasteiger partial charge in [0.2, 0.25) is 0 Å². The Hall–Kier alpha value is -1.08. The summed E-state index contributed by atoms with van der Waals surface area (Å²) in [6.45, 7) is 9.19. The third-order valence-electron chi connectivity index (χ3n) is 4.16. The van der Waals surface area contributed by atoms with Crippen LogP contribution in [0.15, 0.2) is 41.3 Å². The van der Waals surface area contributed by atoms with E-state index in [0.717, 1.165) is 54.2 Å². The van der Waals surface area contributed by atoms with Crippen LogP contribution in [-0.2, 0) is 0 Å². The van der Waals surface area contributed by atoms with E-state index in [1.165, 1.54) is 6.54 Å². The molecule has 2 heterocycles. The van der Waals surface area contributed by atoms with Gasteiger partial charge in [0, 0.05) is 13.0 Å². The number of benzene rings is 1. The normalized spacial score (nSPS) is 22.6.